The van der Waals surface area contributed by atoms with E-state index in [0.29, 0.717) is 18.5 Å². The van der Waals surface area contributed by atoms with Crippen molar-refractivity contribution in [1.29, 1.82) is 0 Å². The Morgan fingerprint density at radius 2 is 1.56 bits per heavy atom. The summed E-state index contributed by atoms with van der Waals surface area (Å²) in [6.45, 7) is 7.04. The first-order valence-electron chi connectivity index (χ1n) is 10.0. The van der Waals surface area contributed by atoms with Gasteiger partial charge in [0.15, 0.2) is 5.69 Å². The van der Waals surface area contributed by atoms with Gasteiger partial charge in [-0.25, -0.2) is 4.98 Å². The predicted octanol–water partition coefficient (Wildman–Crippen LogP) is 2.85. The first-order chi connectivity index (χ1) is 12.9. The van der Waals surface area contributed by atoms with Crippen molar-refractivity contribution < 1.29 is 13.2 Å². The van der Waals surface area contributed by atoms with Crippen LogP contribution in [0.3, 0.4) is 0 Å². The first-order valence-corrected chi connectivity index (χ1v) is 10.0. The van der Waals surface area contributed by atoms with Gasteiger partial charge in [-0.1, -0.05) is 12.8 Å². The van der Waals surface area contributed by atoms with Gasteiger partial charge in [0.2, 0.25) is 0 Å². The van der Waals surface area contributed by atoms with E-state index in [2.05, 4.69) is 14.8 Å². The Kier molecular flexibility index (Phi) is 6.92. The minimum atomic E-state index is -4.57. The van der Waals surface area contributed by atoms with Crippen molar-refractivity contribution in [2.75, 3.05) is 39.3 Å². The average molecular weight is 386 g/mol. The molecule has 1 aromatic heterocycles. The van der Waals surface area contributed by atoms with E-state index in [4.69, 9.17) is 0 Å². The van der Waals surface area contributed by atoms with E-state index in [-0.39, 0.29) is 0 Å². The first kappa shape index (κ1) is 20.3. The molecule has 0 bridgehead atoms. The van der Waals surface area contributed by atoms with E-state index in [0.717, 1.165) is 45.3 Å². The quantitative estimate of drug-likeness (QED) is 0.780. The van der Waals surface area contributed by atoms with Gasteiger partial charge in [-0.15, -0.1) is 0 Å². The second-order valence-electron chi connectivity index (χ2n) is 7.80. The molecule has 0 atom stereocenters. The topological polar surface area (TPSA) is 41.4 Å². The lowest BCUT2D eigenvalue weighted by Gasteiger charge is -2.33. The fraction of sp³-hybridized carbons (Fsp3) is 0.789. The van der Waals surface area contributed by atoms with Gasteiger partial charge in [0.25, 0.3) is 5.56 Å². The number of hydrogen-bond donors (Lipinski definition) is 0. The summed E-state index contributed by atoms with van der Waals surface area (Å²) in [6.07, 6.45) is 3.70. The van der Waals surface area contributed by atoms with E-state index < -0.39 is 17.4 Å². The summed E-state index contributed by atoms with van der Waals surface area (Å²) in [7, 11) is 0. The normalized spacial score (nSPS) is 21.3. The van der Waals surface area contributed by atoms with Crippen LogP contribution in [-0.2, 0) is 12.7 Å². The van der Waals surface area contributed by atoms with Crippen LogP contribution in [0.4, 0.5) is 13.2 Å². The Morgan fingerprint density at radius 3 is 2.11 bits per heavy atom. The molecule has 2 saturated heterocycles. The van der Waals surface area contributed by atoms with E-state index in [1.54, 1.807) is 0 Å². The minimum Gasteiger partial charge on any atom is -0.302 e. The molecule has 2 aliphatic heterocycles. The molecule has 8 heteroatoms. The van der Waals surface area contributed by atoms with Crippen molar-refractivity contribution in [3.63, 3.8) is 0 Å². The number of aromatic nitrogens is 2. The third-order valence-electron chi connectivity index (χ3n) is 5.76. The minimum absolute atomic E-state index is 0.315. The van der Waals surface area contributed by atoms with Crippen LogP contribution in [-0.4, -0.2) is 58.6 Å². The van der Waals surface area contributed by atoms with E-state index in [9.17, 15) is 18.0 Å². The number of nitrogens with zero attached hydrogens (tertiary/aromatic N) is 4. The summed E-state index contributed by atoms with van der Waals surface area (Å²) in [4.78, 5) is 20.4. The summed E-state index contributed by atoms with van der Waals surface area (Å²) < 4.78 is 39.1. The third-order valence-corrected chi connectivity index (χ3v) is 5.76. The van der Waals surface area contributed by atoms with Gasteiger partial charge in [0, 0.05) is 25.7 Å². The van der Waals surface area contributed by atoms with Gasteiger partial charge in [0.05, 0.1) is 6.33 Å². The molecule has 3 rings (SSSR count). The van der Waals surface area contributed by atoms with E-state index >= 15 is 0 Å². The summed E-state index contributed by atoms with van der Waals surface area (Å²) in [5, 5.41) is 0. The van der Waals surface area contributed by atoms with Gasteiger partial charge < -0.3 is 9.80 Å². The van der Waals surface area contributed by atoms with Crippen LogP contribution >= 0.6 is 0 Å². The molecule has 152 valence electrons. The highest BCUT2D eigenvalue weighted by molar-refractivity contribution is 5.03. The van der Waals surface area contributed by atoms with Crippen LogP contribution in [0.15, 0.2) is 17.2 Å². The van der Waals surface area contributed by atoms with E-state index in [1.165, 1.54) is 43.3 Å². The summed E-state index contributed by atoms with van der Waals surface area (Å²) in [5.41, 5.74) is -1.74. The van der Waals surface area contributed by atoms with Crippen LogP contribution in [0, 0.1) is 5.92 Å². The zero-order valence-electron chi connectivity index (χ0n) is 15.8. The number of piperidine rings is 1. The van der Waals surface area contributed by atoms with Crippen molar-refractivity contribution in [2.24, 2.45) is 5.92 Å². The van der Waals surface area contributed by atoms with Crippen molar-refractivity contribution in [3.05, 3.63) is 28.4 Å². The SMILES string of the molecule is O=c1cc(C(F)(F)F)ncn1CC1CCN(CCN2CCCCCC2)CC1. The number of likely N-dealkylation sites (tertiary alicyclic amines) is 2. The molecule has 0 unspecified atom stereocenters. The van der Waals surface area contributed by atoms with Crippen molar-refractivity contribution in [1.82, 2.24) is 19.4 Å². The number of hydrogen-bond acceptors (Lipinski definition) is 4. The molecular weight excluding hydrogens is 357 g/mol. The Balaban J connectivity index is 1.43. The monoisotopic (exact) mass is 386 g/mol. The molecule has 0 aliphatic carbocycles. The highest BCUT2D eigenvalue weighted by Gasteiger charge is 2.33. The predicted molar refractivity (Wildman–Crippen MR) is 97.6 cm³/mol. The largest absolute Gasteiger partial charge is 0.433 e. The fourth-order valence-corrected chi connectivity index (χ4v) is 4.03. The lowest BCUT2D eigenvalue weighted by molar-refractivity contribution is -0.141. The van der Waals surface area contributed by atoms with Crippen LogP contribution in [0.1, 0.15) is 44.2 Å². The van der Waals surface area contributed by atoms with E-state index in [1.807, 2.05) is 0 Å². The molecule has 0 radical (unpaired) electrons. The summed E-state index contributed by atoms with van der Waals surface area (Å²) in [6, 6.07) is 0.594. The maximum Gasteiger partial charge on any atom is 0.433 e. The Morgan fingerprint density at radius 1 is 0.963 bits per heavy atom. The molecular formula is C19H29F3N4O. The lowest BCUT2D eigenvalue weighted by atomic mass is 9.96. The van der Waals surface area contributed by atoms with Crippen LogP contribution < -0.4 is 5.56 Å². The molecule has 2 aliphatic rings. The number of rotatable bonds is 5. The summed E-state index contributed by atoms with van der Waals surface area (Å²) >= 11 is 0. The maximum atomic E-state index is 12.6. The van der Waals surface area contributed by atoms with Gasteiger partial charge in [0.1, 0.15) is 0 Å². The molecule has 5 nitrogen and oxygen atoms in total. The Labute approximate surface area is 158 Å². The Hall–Kier alpha value is -1.41. The third kappa shape index (κ3) is 6.04. The molecule has 27 heavy (non-hydrogen) atoms. The van der Waals surface area contributed by atoms with Gasteiger partial charge in [-0.05, 0) is 57.8 Å². The standard InChI is InChI=1S/C19H29F3N4O/c20-19(21,22)17-13-18(27)26(15-23-17)14-16-5-9-25(10-6-16)12-11-24-7-3-1-2-4-8-24/h13,15-16H,1-12,14H2. The molecule has 0 amide bonds. The van der Waals surface area contributed by atoms with Crippen molar-refractivity contribution in [2.45, 2.75) is 51.2 Å². The molecule has 2 fully saturated rings. The highest BCUT2D eigenvalue weighted by atomic mass is 19.4. The Bertz CT molecular complexity index is 645. The van der Waals surface area contributed by atoms with Crippen molar-refractivity contribution in [3.8, 4) is 0 Å². The molecule has 0 N–H and O–H groups in total. The summed E-state index contributed by atoms with van der Waals surface area (Å²) in [5.74, 6) is 0.315. The maximum absolute atomic E-state index is 12.6. The van der Waals surface area contributed by atoms with Gasteiger partial charge >= 0.3 is 6.18 Å². The molecule has 3 heterocycles. The highest BCUT2D eigenvalue weighted by Crippen LogP contribution is 2.26. The molecule has 1 aromatic rings. The second kappa shape index (κ2) is 9.19. The molecule has 0 spiro atoms. The zero-order chi connectivity index (χ0) is 19.3. The number of halogens is 3. The van der Waals surface area contributed by atoms with Crippen molar-refractivity contribution >= 4 is 0 Å². The van der Waals surface area contributed by atoms with Crippen LogP contribution in [0.25, 0.3) is 0 Å². The zero-order valence-corrected chi connectivity index (χ0v) is 15.8. The van der Waals surface area contributed by atoms with Crippen LogP contribution in [0.5, 0.6) is 0 Å². The smallest absolute Gasteiger partial charge is 0.302 e. The lowest BCUT2D eigenvalue weighted by Crippen LogP contribution is -2.41. The van der Waals surface area contributed by atoms with Gasteiger partial charge in [-0.3, -0.25) is 9.36 Å². The van der Waals surface area contributed by atoms with Gasteiger partial charge in [-0.2, -0.15) is 13.2 Å². The molecule has 0 aromatic carbocycles. The van der Waals surface area contributed by atoms with Crippen LogP contribution in [0.2, 0.25) is 0 Å². The number of alkyl halides is 3. The second-order valence-corrected chi connectivity index (χ2v) is 7.80. The molecule has 0 saturated carbocycles. The fourth-order valence-electron chi connectivity index (χ4n) is 4.03. The average Bonchev–Trinajstić information content (AvgIpc) is 2.91.